The van der Waals surface area contributed by atoms with Crippen molar-refractivity contribution in [3.8, 4) is 11.1 Å². The number of fused-ring (bicyclic) bond motifs is 1. The molecule has 0 radical (unpaired) electrons. The van der Waals surface area contributed by atoms with Crippen molar-refractivity contribution in [2.24, 2.45) is 5.73 Å². The van der Waals surface area contributed by atoms with Gasteiger partial charge in [0, 0.05) is 29.1 Å². The molecule has 150 valence electrons. The monoisotopic (exact) mass is 401 g/mol. The van der Waals surface area contributed by atoms with E-state index in [-0.39, 0.29) is 0 Å². The third-order valence-corrected chi connectivity index (χ3v) is 4.92. The van der Waals surface area contributed by atoms with Gasteiger partial charge in [0.15, 0.2) is 5.65 Å². The summed E-state index contributed by atoms with van der Waals surface area (Å²) >= 11 is 0. The molecule has 30 heavy (non-hydrogen) atoms. The van der Waals surface area contributed by atoms with E-state index in [2.05, 4.69) is 10.1 Å². The van der Waals surface area contributed by atoms with Gasteiger partial charge >= 0.3 is 0 Å². The molecule has 2 heterocycles. The van der Waals surface area contributed by atoms with Crippen LogP contribution in [0.3, 0.4) is 0 Å². The summed E-state index contributed by atoms with van der Waals surface area (Å²) in [6.07, 6.45) is 3.66. The summed E-state index contributed by atoms with van der Waals surface area (Å²) in [7, 11) is 0. The van der Waals surface area contributed by atoms with Crippen LogP contribution in [0.1, 0.15) is 22.0 Å². The van der Waals surface area contributed by atoms with E-state index in [9.17, 15) is 14.8 Å². The number of hydroxylamine groups is 1. The van der Waals surface area contributed by atoms with E-state index >= 15 is 0 Å². The van der Waals surface area contributed by atoms with Gasteiger partial charge in [-0.1, -0.05) is 42.5 Å². The molecule has 1 atom stereocenters. The topological polar surface area (TPSA) is 123 Å². The average Bonchev–Trinajstić information content (AvgIpc) is 3.20. The molecule has 0 aliphatic heterocycles. The molecular weight excluding hydrogens is 382 g/mol. The van der Waals surface area contributed by atoms with E-state index in [4.69, 9.17) is 5.73 Å². The summed E-state index contributed by atoms with van der Waals surface area (Å²) in [6, 6.07) is 17.5. The van der Waals surface area contributed by atoms with Crippen LogP contribution in [-0.4, -0.2) is 31.8 Å². The van der Waals surface area contributed by atoms with Gasteiger partial charge in [0.05, 0.1) is 6.20 Å². The molecule has 0 bridgehead atoms. The summed E-state index contributed by atoms with van der Waals surface area (Å²) in [4.78, 5) is 28.1. The van der Waals surface area contributed by atoms with E-state index in [1.54, 1.807) is 42.1 Å². The molecule has 0 aliphatic rings. The van der Waals surface area contributed by atoms with Gasteiger partial charge in [0.1, 0.15) is 6.04 Å². The molecule has 1 unspecified atom stereocenters. The van der Waals surface area contributed by atoms with Crippen molar-refractivity contribution in [2.45, 2.75) is 12.5 Å². The number of carbonyl (C=O) groups excluding carboxylic acids is 2. The molecule has 0 saturated heterocycles. The zero-order valence-electron chi connectivity index (χ0n) is 15.9. The van der Waals surface area contributed by atoms with Gasteiger partial charge in [-0.25, -0.2) is 15.1 Å². The van der Waals surface area contributed by atoms with Gasteiger partial charge in [0.2, 0.25) is 5.91 Å². The van der Waals surface area contributed by atoms with Crippen molar-refractivity contribution in [1.82, 2.24) is 20.2 Å². The summed E-state index contributed by atoms with van der Waals surface area (Å²) in [5.74, 6) is -1.06. The highest BCUT2D eigenvalue weighted by Gasteiger charge is 2.24. The van der Waals surface area contributed by atoms with E-state index in [1.165, 1.54) is 4.68 Å². The summed E-state index contributed by atoms with van der Waals surface area (Å²) in [5.41, 5.74) is 10.6. The molecule has 2 amide bonds. The number of nitrogens with two attached hydrogens (primary N) is 1. The second-order valence-electron chi connectivity index (χ2n) is 6.85. The number of carbonyl (C=O) groups is 2. The van der Waals surface area contributed by atoms with Crippen LogP contribution in [0.5, 0.6) is 0 Å². The van der Waals surface area contributed by atoms with Crippen molar-refractivity contribution in [3.05, 3.63) is 84.2 Å². The number of amides is 2. The van der Waals surface area contributed by atoms with E-state index in [0.717, 1.165) is 22.1 Å². The second kappa shape index (κ2) is 8.14. The van der Waals surface area contributed by atoms with E-state index < -0.39 is 17.9 Å². The minimum atomic E-state index is -0.761. The minimum Gasteiger partial charge on any atom is -0.366 e. The summed E-state index contributed by atoms with van der Waals surface area (Å²) < 4.78 is 1.51. The molecule has 0 spiro atoms. The lowest BCUT2D eigenvalue weighted by Gasteiger charge is -2.16. The number of benzene rings is 2. The van der Waals surface area contributed by atoms with Crippen LogP contribution in [0.25, 0.3) is 22.2 Å². The lowest BCUT2D eigenvalue weighted by molar-refractivity contribution is -0.132. The molecule has 0 saturated carbocycles. The number of rotatable bonds is 6. The first kappa shape index (κ1) is 19.3. The maximum absolute atomic E-state index is 12.3. The predicted octanol–water partition coefficient (Wildman–Crippen LogP) is 2.49. The van der Waals surface area contributed by atoms with Gasteiger partial charge in [-0.15, -0.1) is 0 Å². The standard InChI is InChI=1S/C22H19N5O3/c23-20(28)16-8-6-15(7-9-16)17-11-18-13-25-27(21(18)24-12-17)19(22(29)26-30)10-14-4-2-1-3-5-14/h1-9,11-13,19,30H,10H2,(H2,23,28)(H,26,29). The quantitative estimate of drug-likeness (QED) is 0.338. The van der Waals surface area contributed by atoms with E-state index in [1.807, 2.05) is 36.4 Å². The fraction of sp³-hybridized carbons (Fsp3) is 0.0909. The average molecular weight is 401 g/mol. The van der Waals surface area contributed by atoms with Crippen molar-refractivity contribution < 1.29 is 14.8 Å². The second-order valence-corrected chi connectivity index (χ2v) is 6.85. The molecule has 2 aromatic heterocycles. The fourth-order valence-electron chi connectivity index (χ4n) is 3.36. The Hall–Kier alpha value is -4.04. The predicted molar refractivity (Wildman–Crippen MR) is 111 cm³/mol. The fourth-order valence-corrected chi connectivity index (χ4v) is 3.36. The normalized spacial score (nSPS) is 11.9. The maximum atomic E-state index is 12.3. The Morgan fingerprint density at radius 2 is 1.77 bits per heavy atom. The van der Waals surface area contributed by atoms with Crippen molar-refractivity contribution in [1.29, 1.82) is 0 Å². The SMILES string of the molecule is NC(=O)c1ccc(-c2cnc3c(cnn3C(Cc3ccccc3)C(=O)NO)c2)cc1. The molecule has 2 aromatic carbocycles. The van der Waals surface area contributed by atoms with E-state index in [0.29, 0.717) is 17.6 Å². The molecule has 4 N–H and O–H groups in total. The zero-order chi connectivity index (χ0) is 21.1. The first-order chi connectivity index (χ1) is 14.6. The van der Waals surface area contributed by atoms with Crippen molar-refractivity contribution >= 4 is 22.8 Å². The Bertz CT molecular complexity index is 1200. The number of nitrogens with zero attached hydrogens (tertiary/aromatic N) is 3. The van der Waals surface area contributed by atoms with Crippen LogP contribution in [0.4, 0.5) is 0 Å². The zero-order valence-corrected chi connectivity index (χ0v) is 15.9. The first-order valence-corrected chi connectivity index (χ1v) is 9.28. The number of hydrogen-bond acceptors (Lipinski definition) is 5. The van der Waals surface area contributed by atoms with Gasteiger partial charge in [-0.05, 0) is 29.3 Å². The van der Waals surface area contributed by atoms with Crippen LogP contribution in [-0.2, 0) is 11.2 Å². The van der Waals surface area contributed by atoms with Crippen LogP contribution in [0, 0.1) is 0 Å². The molecule has 8 heteroatoms. The highest BCUT2D eigenvalue weighted by Crippen LogP contribution is 2.25. The van der Waals surface area contributed by atoms with Crippen molar-refractivity contribution in [3.63, 3.8) is 0 Å². The molecule has 4 rings (SSSR count). The number of pyridine rings is 1. The largest absolute Gasteiger partial charge is 0.366 e. The lowest BCUT2D eigenvalue weighted by Crippen LogP contribution is -2.32. The Morgan fingerprint density at radius 1 is 1.03 bits per heavy atom. The van der Waals surface area contributed by atoms with Gasteiger partial charge in [-0.2, -0.15) is 5.10 Å². The third kappa shape index (κ3) is 3.76. The smallest absolute Gasteiger partial charge is 0.268 e. The molecular formula is C22H19N5O3. The summed E-state index contributed by atoms with van der Waals surface area (Å²) in [6.45, 7) is 0. The van der Waals surface area contributed by atoms with Crippen LogP contribution in [0.15, 0.2) is 73.1 Å². The third-order valence-electron chi connectivity index (χ3n) is 4.92. The number of primary amides is 1. The van der Waals surface area contributed by atoms with Crippen molar-refractivity contribution in [2.75, 3.05) is 0 Å². The Balaban J connectivity index is 1.69. The highest BCUT2D eigenvalue weighted by atomic mass is 16.5. The highest BCUT2D eigenvalue weighted by molar-refractivity contribution is 5.93. The maximum Gasteiger partial charge on any atom is 0.268 e. The van der Waals surface area contributed by atoms with Gasteiger partial charge < -0.3 is 5.73 Å². The Labute approximate surface area is 171 Å². The first-order valence-electron chi connectivity index (χ1n) is 9.28. The Morgan fingerprint density at radius 3 is 2.43 bits per heavy atom. The molecule has 0 fully saturated rings. The number of hydrogen-bond donors (Lipinski definition) is 3. The molecule has 8 nitrogen and oxygen atoms in total. The number of nitrogens with one attached hydrogen (secondary N) is 1. The van der Waals surface area contributed by atoms with Crippen LogP contribution < -0.4 is 11.2 Å². The lowest BCUT2D eigenvalue weighted by atomic mass is 10.0. The van der Waals surface area contributed by atoms with Crippen LogP contribution in [0.2, 0.25) is 0 Å². The van der Waals surface area contributed by atoms with Gasteiger partial charge in [0.25, 0.3) is 5.91 Å². The van der Waals surface area contributed by atoms with Gasteiger partial charge in [-0.3, -0.25) is 14.8 Å². The van der Waals surface area contributed by atoms with Crippen LogP contribution >= 0.6 is 0 Å². The molecule has 4 aromatic rings. The Kier molecular flexibility index (Phi) is 5.23. The minimum absolute atomic E-state index is 0.349. The summed E-state index contributed by atoms with van der Waals surface area (Å²) in [5, 5.41) is 14.3. The number of aromatic nitrogens is 3. The molecule has 0 aliphatic carbocycles.